The highest BCUT2D eigenvalue weighted by molar-refractivity contribution is 6.11. The lowest BCUT2D eigenvalue weighted by molar-refractivity contribution is 0.102. The summed E-state index contributed by atoms with van der Waals surface area (Å²) in [6.07, 6.45) is 6.64. The number of ether oxygens (including phenoxy) is 1. The number of allylic oxidation sites excluding steroid dienone is 3. The molecule has 1 unspecified atom stereocenters. The lowest BCUT2D eigenvalue weighted by Crippen LogP contribution is -2.12. The lowest BCUT2D eigenvalue weighted by Gasteiger charge is -2.12. The van der Waals surface area contributed by atoms with E-state index in [1.54, 1.807) is 80.2 Å². The van der Waals surface area contributed by atoms with Crippen molar-refractivity contribution in [1.29, 1.82) is 5.26 Å². The van der Waals surface area contributed by atoms with Gasteiger partial charge in [0.1, 0.15) is 23.3 Å². The maximum atomic E-state index is 13.1. The molecule has 0 saturated carbocycles. The van der Waals surface area contributed by atoms with Crippen LogP contribution in [0.15, 0.2) is 107 Å². The summed E-state index contributed by atoms with van der Waals surface area (Å²) < 4.78 is 5.15. The molecule has 1 aromatic heterocycles. The second kappa shape index (κ2) is 10.1. The minimum Gasteiger partial charge on any atom is -0.505 e. The van der Waals surface area contributed by atoms with Crippen molar-refractivity contribution in [3.63, 3.8) is 0 Å². The van der Waals surface area contributed by atoms with Crippen molar-refractivity contribution in [2.75, 3.05) is 12.4 Å². The molecule has 0 bridgehead atoms. The normalized spacial score (nSPS) is 14.8. The lowest BCUT2D eigenvalue weighted by atomic mass is 10.0. The predicted molar refractivity (Wildman–Crippen MR) is 138 cm³/mol. The molecule has 9 nitrogen and oxygen atoms in total. The van der Waals surface area contributed by atoms with E-state index in [4.69, 9.17) is 4.74 Å². The largest absolute Gasteiger partial charge is 0.505 e. The Balaban J connectivity index is 1.54. The molecule has 0 spiro atoms. The van der Waals surface area contributed by atoms with Crippen LogP contribution in [0.1, 0.15) is 22.1 Å². The van der Waals surface area contributed by atoms with E-state index < -0.39 is 11.8 Å². The Morgan fingerprint density at radius 1 is 1.08 bits per heavy atom. The van der Waals surface area contributed by atoms with Crippen LogP contribution in [-0.4, -0.2) is 28.1 Å². The van der Waals surface area contributed by atoms with Crippen molar-refractivity contribution in [2.24, 2.45) is 10.2 Å². The van der Waals surface area contributed by atoms with Gasteiger partial charge in [0.15, 0.2) is 5.75 Å². The molecule has 9 heteroatoms. The molecule has 1 aliphatic rings. The molecular formula is C28H20N6O3. The fourth-order valence-electron chi connectivity index (χ4n) is 4.00. The van der Waals surface area contributed by atoms with Gasteiger partial charge in [-0.3, -0.25) is 4.79 Å². The monoisotopic (exact) mass is 488 g/mol. The SMILES string of the molecule is COc1ccc(NC(=O)c2cc3ccccc3c(/N=N/C3=C(C#N)C=CC3c3ncccn3)c2O)cc1. The van der Waals surface area contributed by atoms with E-state index in [0.29, 0.717) is 39.3 Å². The van der Waals surface area contributed by atoms with E-state index in [-0.39, 0.29) is 17.0 Å². The third-order valence-electron chi connectivity index (χ3n) is 5.86. The van der Waals surface area contributed by atoms with Crippen LogP contribution in [0.3, 0.4) is 0 Å². The summed E-state index contributed by atoms with van der Waals surface area (Å²) in [7, 11) is 1.56. The molecule has 1 heterocycles. The van der Waals surface area contributed by atoms with E-state index >= 15 is 0 Å². The molecule has 0 aliphatic heterocycles. The minimum absolute atomic E-state index is 0.0328. The van der Waals surface area contributed by atoms with E-state index in [9.17, 15) is 15.2 Å². The molecule has 2 N–H and O–H groups in total. The molecule has 5 rings (SSSR count). The number of nitrogens with zero attached hydrogens (tertiary/aromatic N) is 5. The molecule has 37 heavy (non-hydrogen) atoms. The van der Waals surface area contributed by atoms with Crippen LogP contribution >= 0.6 is 0 Å². The number of hydrogen-bond acceptors (Lipinski definition) is 8. The number of fused-ring (bicyclic) bond motifs is 1. The van der Waals surface area contributed by atoms with Gasteiger partial charge in [0.05, 0.1) is 29.9 Å². The first-order chi connectivity index (χ1) is 18.1. The Kier molecular flexibility index (Phi) is 6.38. The minimum atomic E-state index is -0.514. The predicted octanol–water partition coefficient (Wildman–Crippen LogP) is 5.81. The fraction of sp³-hybridized carbons (Fsp3) is 0.0714. The molecule has 0 saturated heterocycles. The maximum absolute atomic E-state index is 13.1. The Labute approximate surface area is 212 Å². The first-order valence-electron chi connectivity index (χ1n) is 11.3. The van der Waals surface area contributed by atoms with Crippen molar-refractivity contribution in [2.45, 2.75) is 5.92 Å². The summed E-state index contributed by atoms with van der Waals surface area (Å²) in [5.41, 5.74) is 1.35. The Morgan fingerprint density at radius 3 is 2.57 bits per heavy atom. The van der Waals surface area contributed by atoms with E-state index in [1.165, 1.54) is 0 Å². The number of hydrogen-bond donors (Lipinski definition) is 2. The molecule has 4 aromatic rings. The number of benzene rings is 3. The number of phenols is 1. The number of phenolic OH excluding ortho intramolecular Hbond substituents is 1. The number of anilines is 1. The summed E-state index contributed by atoms with van der Waals surface area (Å²) in [5, 5.41) is 33.5. The number of azo groups is 1. The number of carbonyl (C=O) groups excluding carboxylic acids is 1. The first kappa shape index (κ1) is 23.4. The highest BCUT2D eigenvalue weighted by atomic mass is 16.5. The van der Waals surface area contributed by atoms with Gasteiger partial charge in [0.25, 0.3) is 5.91 Å². The molecule has 0 fully saturated rings. The second-order valence-electron chi connectivity index (χ2n) is 8.08. The number of carbonyl (C=O) groups is 1. The zero-order valence-corrected chi connectivity index (χ0v) is 19.7. The van der Waals surface area contributed by atoms with Gasteiger partial charge in [-0.25, -0.2) is 9.97 Å². The van der Waals surface area contributed by atoms with Crippen molar-refractivity contribution in [3.8, 4) is 17.6 Å². The Bertz CT molecular complexity index is 1620. The zero-order valence-electron chi connectivity index (χ0n) is 19.7. The molecule has 0 radical (unpaired) electrons. The van der Waals surface area contributed by atoms with Gasteiger partial charge >= 0.3 is 0 Å². The van der Waals surface area contributed by atoms with Gasteiger partial charge in [-0.1, -0.05) is 30.3 Å². The number of nitriles is 1. The molecular weight excluding hydrogens is 468 g/mol. The van der Waals surface area contributed by atoms with Gasteiger partial charge in [-0.15, -0.1) is 5.11 Å². The van der Waals surface area contributed by atoms with Crippen molar-refractivity contribution in [1.82, 2.24) is 9.97 Å². The molecule has 180 valence electrons. The van der Waals surface area contributed by atoms with Crippen molar-refractivity contribution in [3.05, 3.63) is 108 Å². The third-order valence-corrected chi connectivity index (χ3v) is 5.86. The number of nitrogens with one attached hydrogen (secondary N) is 1. The zero-order chi connectivity index (χ0) is 25.8. The summed E-state index contributed by atoms with van der Waals surface area (Å²) in [6.45, 7) is 0. The fourth-order valence-corrected chi connectivity index (χ4v) is 4.00. The summed E-state index contributed by atoms with van der Waals surface area (Å²) >= 11 is 0. The standard InChI is InChI=1S/C28H20N6O3/c1-37-20-10-8-19(9-11-20)32-28(36)23-15-17-5-2-3-6-21(17)25(26(23)35)34-33-24-18(16-29)7-12-22(24)27-30-13-4-14-31-27/h2-15,22,35H,1H3,(H,32,36)/b34-33+. The first-order valence-corrected chi connectivity index (χ1v) is 11.3. The third kappa shape index (κ3) is 4.63. The van der Waals surface area contributed by atoms with Gasteiger partial charge in [0, 0.05) is 23.5 Å². The molecule has 1 atom stereocenters. The van der Waals surface area contributed by atoms with Gasteiger partial charge in [-0.05, 0) is 47.9 Å². The second-order valence-corrected chi connectivity index (χ2v) is 8.08. The average molecular weight is 489 g/mol. The van der Waals surface area contributed by atoms with Crippen LogP contribution in [0.25, 0.3) is 10.8 Å². The maximum Gasteiger partial charge on any atom is 0.259 e. The van der Waals surface area contributed by atoms with Gasteiger partial charge < -0.3 is 15.2 Å². The van der Waals surface area contributed by atoms with Crippen LogP contribution in [0.2, 0.25) is 0 Å². The van der Waals surface area contributed by atoms with Crippen LogP contribution in [-0.2, 0) is 0 Å². The quantitative estimate of drug-likeness (QED) is 0.329. The molecule has 1 amide bonds. The van der Waals surface area contributed by atoms with Crippen LogP contribution in [0.4, 0.5) is 11.4 Å². The molecule has 1 aliphatic carbocycles. The smallest absolute Gasteiger partial charge is 0.259 e. The number of methoxy groups -OCH3 is 1. The Hall–Kier alpha value is -5.36. The summed E-state index contributed by atoms with van der Waals surface area (Å²) in [4.78, 5) is 21.7. The summed E-state index contributed by atoms with van der Waals surface area (Å²) in [6, 6.07) is 19.5. The summed E-state index contributed by atoms with van der Waals surface area (Å²) in [5.74, 6) is -0.180. The Morgan fingerprint density at radius 2 is 1.84 bits per heavy atom. The highest BCUT2D eigenvalue weighted by Crippen LogP contribution is 2.41. The van der Waals surface area contributed by atoms with Gasteiger partial charge in [-0.2, -0.15) is 10.4 Å². The number of rotatable bonds is 6. The number of amides is 1. The highest BCUT2D eigenvalue weighted by Gasteiger charge is 2.25. The van der Waals surface area contributed by atoms with Crippen LogP contribution in [0, 0.1) is 11.3 Å². The van der Waals surface area contributed by atoms with Crippen molar-refractivity contribution >= 4 is 28.1 Å². The van der Waals surface area contributed by atoms with Crippen molar-refractivity contribution < 1.29 is 14.6 Å². The number of aromatic hydroxyl groups is 1. The van der Waals surface area contributed by atoms with Crippen LogP contribution < -0.4 is 10.1 Å². The van der Waals surface area contributed by atoms with E-state index in [0.717, 1.165) is 0 Å². The van der Waals surface area contributed by atoms with Crippen LogP contribution in [0.5, 0.6) is 11.5 Å². The average Bonchev–Trinajstić information content (AvgIpc) is 3.36. The number of aromatic nitrogens is 2. The van der Waals surface area contributed by atoms with Gasteiger partial charge in [0.2, 0.25) is 0 Å². The van der Waals surface area contributed by atoms with E-state index in [2.05, 4.69) is 31.6 Å². The topological polar surface area (TPSA) is 133 Å². The molecule has 3 aromatic carbocycles. The van der Waals surface area contributed by atoms with E-state index in [1.807, 2.05) is 12.1 Å².